The summed E-state index contributed by atoms with van der Waals surface area (Å²) in [5.41, 5.74) is 5.49. The van der Waals surface area contributed by atoms with Gasteiger partial charge in [0, 0.05) is 6.08 Å². The van der Waals surface area contributed by atoms with E-state index in [2.05, 4.69) is 10.9 Å². The van der Waals surface area contributed by atoms with E-state index in [1.165, 1.54) is 6.08 Å². The first-order valence-corrected chi connectivity index (χ1v) is 8.42. The van der Waals surface area contributed by atoms with E-state index in [0.717, 1.165) is 0 Å². The summed E-state index contributed by atoms with van der Waals surface area (Å²) in [7, 11) is 0. The Labute approximate surface area is 159 Å². The average molecular weight is 393 g/mol. The highest BCUT2D eigenvalue weighted by atomic mass is 35.5. The van der Waals surface area contributed by atoms with Gasteiger partial charge in [-0.15, -0.1) is 0 Å². The van der Waals surface area contributed by atoms with E-state index in [1.807, 2.05) is 0 Å². The normalized spacial score (nSPS) is 12.7. The number of fused-ring (bicyclic) bond motifs is 1. The number of carbonyl (C=O) groups excluding carboxylic acids is 2. The van der Waals surface area contributed by atoms with E-state index < -0.39 is 11.8 Å². The van der Waals surface area contributed by atoms with Crippen molar-refractivity contribution in [2.45, 2.75) is 0 Å². The number of halogens is 2. The van der Waals surface area contributed by atoms with Gasteiger partial charge in [0.25, 0.3) is 11.8 Å². The van der Waals surface area contributed by atoms with Crippen LogP contribution in [0.3, 0.4) is 0 Å². The maximum absolute atomic E-state index is 12.0. The van der Waals surface area contributed by atoms with Gasteiger partial charge in [-0.3, -0.25) is 20.4 Å². The Hall–Kier alpha value is -2.70. The predicted molar refractivity (Wildman–Crippen MR) is 98.5 cm³/mol. The van der Waals surface area contributed by atoms with Crippen LogP contribution in [0.5, 0.6) is 11.5 Å². The van der Waals surface area contributed by atoms with Gasteiger partial charge >= 0.3 is 0 Å². The summed E-state index contributed by atoms with van der Waals surface area (Å²) in [6, 6.07) is 9.89. The van der Waals surface area contributed by atoms with Crippen molar-refractivity contribution >= 4 is 41.1 Å². The molecule has 0 bridgehead atoms. The summed E-state index contributed by atoms with van der Waals surface area (Å²) in [5, 5.41) is 0.690. The molecule has 0 spiro atoms. The third kappa shape index (κ3) is 4.28. The first-order chi connectivity index (χ1) is 12.5. The molecule has 6 nitrogen and oxygen atoms in total. The molecule has 2 N–H and O–H groups in total. The summed E-state index contributed by atoms with van der Waals surface area (Å²) in [5.74, 6) is -0.0153. The van der Waals surface area contributed by atoms with Crippen molar-refractivity contribution in [2.24, 2.45) is 0 Å². The molecule has 0 radical (unpaired) electrons. The molecule has 0 atom stereocenters. The number of ether oxygens (including phenoxy) is 2. The van der Waals surface area contributed by atoms with Gasteiger partial charge in [0.1, 0.15) is 13.2 Å². The first-order valence-electron chi connectivity index (χ1n) is 7.66. The maximum Gasteiger partial charge on any atom is 0.271 e. The van der Waals surface area contributed by atoms with Gasteiger partial charge in [-0.05, 0) is 35.9 Å². The molecule has 1 aliphatic rings. The van der Waals surface area contributed by atoms with Crippen LogP contribution in [0.2, 0.25) is 10.0 Å². The molecule has 0 saturated heterocycles. The van der Waals surface area contributed by atoms with Crippen LogP contribution in [0.15, 0.2) is 42.5 Å². The smallest absolute Gasteiger partial charge is 0.271 e. The van der Waals surface area contributed by atoms with Gasteiger partial charge < -0.3 is 9.47 Å². The minimum absolute atomic E-state index is 0.261. The monoisotopic (exact) mass is 392 g/mol. The number of amides is 2. The molecular formula is C18H14Cl2N2O4. The van der Waals surface area contributed by atoms with Gasteiger partial charge in [-0.2, -0.15) is 0 Å². The van der Waals surface area contributed by atoms with Gasteiger partial charge in [-0.1, -0.05) is 35.3 Å². The van der Waals surface area contributed by atoms with E-state index in [-0.39, 0.29) is 5.56 Å². The van der Waals surface area contributed by atoms with Crippen LogP contribution in [-0.4, -0.2) is 25.0 Å². The quantitative estimate of drug-likeness (QED) is 0.620. The molecule has 0 fully saturated rings. The first kappa shape index (κ1) is 18.1. The molecule has 134 valence electrons. The summed E-state index contributed by atoms with van der Waals surface area (Å²) in [4.78, 5) is 23.8. The van der Waals surface area contributed by atoms with Crippen molar-refractivity contribution in [1.82, 2.24) is 10.9 Å². The molecule has 1 heterocycles. The van der Waals surface area contributed by atoms with Crippen LogP contribution >= 0.6 is 23.2 Å². The lowest BCUT2D eigenvalue weighted by Crippen LogP contribution is -2.40. The lowest BCUT2D eigenvalue weighted by atomic mass is 10.1. The second-order valence-electron chi connectivity index (χ2n) is 5.28. The molecule has 0 saturated carbocycles. The minimum Gasteiger partial charge on any atom is -0.486 e. The second kappa shape index (κ2) is 8.12. The molecule has 1 aliphatic heterocycles. The van der Waals surface area contributed by atoms with Crippen LogP contribution in [0.25, 0.3) is 6.08 Å². The molecule has 0 aromatic heterocycles. The Morgan fingerprint density at radius 3 is 2.58 bits per heavy atom. The number of nitrogens with one attached hydrogen (secondary N) is 2. The fraction of sp³-hybridized carbons (Fsp3) is 0.111. The zero-order valence-electron chi connectivity index (χ0n) is 13.4. The number of benzene rings is 2. The molecule has 3 rings (SSSR count). The number of rotatable bonds is 3. The van der Waals surface area contributed by atoms with E-state index in [0.29, 0.717) is 40.3 Å². The standard InChI is InChI=1S/C18H14Cl2N2O4/c19-13-4-2-1-3-12(13)18(24)22-21-16(23)6-5-11-9-14(20)17-15(10-11)25-7-8-26-17/h1-6,9-10H,7-8H2,(H,21,23)(H,22,24)/b6-5+. The SMILES string of the molecule is O=C(/C=C/c1cc(Cl)c2c(c1)OCCO2)NNC(=O)c1ccccc1Cl. The Bertz CT molecular complexity index is 883. The van der Waals surface area contributed by atoms with Gasteiger partial charge in [0.15, 0.2) is 11.5 Å². The van der Waals surface area contributed by atoms with Crippen molar-refractivity contribution in [3.63, 3.8) is 0 Å². The van der Waals surface area contributed by atoms with Crippen molar-refractivity contribution in [1.29, 1.82) is 0 Å². The highest BCUT2D eigenvalue weighted by Crippen LogP contribution is 2.38. The minimum atomic E-state index is -0.517. The number of carbonyl (C=O) groups is 2. The number of hydrazine groups is 1. The highest BCUT2D eigenvalue weighted by molar-refractivity contribution is 6.33. The summed E-state index contributed by atoms with van der Waals surface area (Å²) in [6.07, 6.45) is 2.80. The molecular weight excluding hydrogens is 379 g/mol. The van der Waals surface area contributed by atoms with Crippen LogP contribution in [0, 0.1) is 0 Å². The zero-order valence-corrected chi connectivity index (χ0v) is 14.9. The topological polar surface area (TPSA) is 76.7 Å². The fourth-order valence-corrected chi connectivity index (χ4v) is 2.77. The van der Waals surface area contributed by atoms with Crippen LogP contribution in [0.4, 0.5) is 0 Å². The Morgan fingerprint density at radius 1 is 1.00 bits per heavy atom. The maximum atomic E-state index is 12.0. The van der Waals surface area contributed by atoms with E-state index in [4.69, 9.17) is 32.7 Å². The lowest BCUT2D eigenvalue weighted by molar-refractivity contribution is -0.117. The molecule has 2 aromatic rings. The van der Waals surface area contributed by atoms with E-state index in [1.54, 1.807) is 42.5 Å². The van der Waals surface area contributed by atoms with Crippen LogP contribution in [0.1, 0.15) is 15.9 Å². The van der Waals surface area contributed by atoms with Gasteiger partial charge in [0.2, 0.25) is 0 Å². The van der Waals surface area contributed by atoms with Crippen molar-refractivity contribution in [2.75, 3.05) is 13.2 Å². The summed E-state index contributed by atoms with van der Waals surface area (Å²) >= 11 is 12.1. The third-order valence-electron chi connectivity index (χ3n) is 3.46. The van der Waals surface area contributed by atoms with Crippen LogP contribution in [-0.2, 0) is 4.79 Å². The van der Waals surface area contributed by atoms with Crippen molar-refractivity contribution < 1.29 is 19.1 Å². The Balaban J connectivity index is 1.61. The van der Waals surface area contributed by atoms with Crippen molar-refractivity contribution in [3.8, 4) is 11.5 Å². The molecule has 0 aliphatic carbocycles. The molecule has 2 amide bonds. The summed E-state index contributed by atoms with van der Waals surface area (Å²) in [6.45, 7) is 0.875. The highest BCUT2D eigenvalue weighted by Gasteiger charge is 2.16. The third-order valence-corrected chi connectivity index (χ3v) is 4.07. The molecule has 2 aromatic carbocycles. The summed E-state index contributed by atoms with van der Waals surface area (Å²) < 4.78 is 10.9. The second-order valence-corrected chi connectivity index (χ2v) is 6.10. The van der Waals surface area contributed by atoms with Crippen LogP contribution < -0.4 is 20.3 Å². The average Bonchev–Trinajstić information content (AvgIpc) is 2.65. The molecule has 26 heavy (non-hydrogen) atoms. The molecule has 0 unspecified atom stereocenters. The van der Waals surface area contributed by atoms with E-state index >= 15 is 0 Å². The zero-order chi connectivity index (χ0) is 18.5. The molecule has 8 heteroatoms. The fourth-order valence-electron chi connectivity index (χ4n) is 2.27. The van der Waals surface area contributed by atoms with Crippen molar-refractivity contribution in [3.05, 3.63) is 63.6 Å². The van der Waals surface area contributed by atoms with Gasteiger partial charge in [0.05, 0.1) is 15.6 Å². The van der Waals surface area contributed by atoms with Gasteiger partial charge in [-0.25, -0.2) is 0 Å². The number of hydrogen-bond donors (Lipinski definition) is 2. The van der Waals surface area contributed by atoms with E-state index in [9.17, 15) is 9.59 Å². The Kier molecular flexibility index (Phi) is 5.65. The number of hydrogen-bond acceptors (Lipinski definition) is 4. The lowest BCUT2D eigenvalue weighted by Gasteiger charge is -2.19. The Morgan fingerprint density at radius 2 is 1.77 bits per heavy atom. The predicted octanol–water partition coefficient (Wildman–Crippen LogP) is 3.24. The largest absolute Gasteiger partial charge is 0.486 e.